The first kappa shape index (κ1) is 19.8. The molecule has 1 amide bonds. The third-order valence-electron chi connectivity index (χ3n) is 4.14. The highest BCUT2D eigenvalue weighted by atomic mass is 35.5. The molecular formula is C19H25ClN2O2. The number of nitrogens with one attached hydrogen (secondary N) is 1. The molecule has 0 radical (unpaired) electrons. The fraction of sp³-hybridized carbons (Fsp3) is 0.316. The number of aryl methyl sites for hydroxylation is 1. The Morgan fingerprint density at radius 1 is 1.17 bits per heavy atom. The van der Waals surface area contributed by atoms with Gasteiger partial charge in [0.05, 0.1) is 18.2 Å². The van der Waals surface area contributed by atoms with Crippen LogP contribution < -0.4 is 15.8 Å². The number of methoxy groups -OCH3 is 1. The van der Waals surface area contributed by atoms with Crippen molar-refractivity contribution < 1.29 is 9.53 Å². The Kier molecular flexibility index (Phi) is 6.67. The molecule has 5 heteroatoms. The van der Waals surface area contributed by atoms with Crippen molar-refractivity contribution in [1.82, 2.24) is 0 Å². The maximum absolute atomic E-state index is 12.7. The summed E-state index contributed by atoms with van der Waals surface area (Å²) in [6.07, 6.45) is 0.984. The molecule has 0 heterocycles. The molecule has 130 valence electrons. The molecular weight excluding hydrogens is 324 g/mol. The summed E-state index contributed by atoms with van der Waals surface area (Å²) in [7, 11) is 1.56. The number of carbonyl (C=O) groups is 1. The molecule has 0 atom stereocenters. The Bertz CT molecular complexity index is 697. The highest BCUT2D eigenvalue weighted by Gasteiger charge is 2.29. The minimum absolute atomic E-state index is 0. The van der Waals surface area contributed by atoms with E-state index in [9.17, 15) is 4.79 Å². The summed E-state index contributed by atoms with van der Waals surface area (Å²) < 4.78 is 5.13. The molecule has 0 saturated heterocycles. The zero-order valence-corrected chi connectivity index (χ0v) is 15.4. The van der Waals surface area contributed by atoms with Gasteiger partial charge in [-0.25, -0.2) is 0 Å². The number of hydrogen-bond acceptors (Lipinski definition) is 3. The van der Waals surface area contributed by atoms with Crippen LogP contribution in [0.3, 0.4) is 0 Å². The number of nitrogen functional groups attached to an aromatic ring is 1. The summed E-state index contributed by atoms with van der Waals surface area (Å²) in [6.45, 7) is 5.94. The van der Waals surface area contributed by atoms with E-state index in [-0.39, 0.29) is 18.3 Å². The Morgan fingerprint density at radius 2 is 1.79 bits per heavy atom. The first-order valence-electron chi connectivity index (χ1n) is 7.73. The number of halogens is 1. The minimum atomic E-state index is -0.638. The van der Waals surface area contributed by atoms with Crippen LogP contribution in [0.2, 0.25) is 0 Å². The Labute approximate surface area is 149 Å². The van der Waals surface area contributed by atoms with E-state index in [2.05, 4.69) is 24.4 Å². The SMILES string of the molecule is CCc1ccc(C(C)(C)C(=O)Nc2ccc(OC)c(N)c2)cc1.Cl. The van der Waals surface area contributed by atoms with E-state index in [1.165, 1.54) is 5.56 Å². The number of amides is 1. The van der Waals surface area contributed by atoms with Crippen molar-refractivity contribution in [3.8, 4) is 5.75 Å². The van der Waals surface area contributed by atoms with Gasteiger partial charge in [0.15, 0.2) is 0 Å². The van der Waals surface area contributed by atoms with Gasteiger partial charge >= 0.3 is 0 Å². The third-order valence-corrected chi connectivity index (χ3v) is 4.14. The van der Waals surface area contributed by atoms with Gasteiger partial charge in [-0.1, -0.05) is 31.2 Å². The topological polar surface area (TPSA) is 64.3 Å². The maximum atomic E-state index is 12.7. The van der Waals surface area contributed by atoms with Gasteiger partial charge in [-0.05, 0) is 49.6 Å². The van der Waals surface area contributed by atoms with Crippen LogP contribution in [0.1, 0.15) is 31.9 Å². The minimum Gasteiger partial charge on any atom is -0.495 e. The van der Waals surface area contributed by atoms with Crippen molar-refractivity contribution in [2.24, 2.45) is 0 Å². The molecule has 0 spiro atoms. The molecule has 0 fully saturated rings. The molecule has 0 unspecified atom stereocenters. The van der Waals surface area contributed by atoms with Crippen molar-refractivity contribution in [3.05, 3.63) is 53.6 Å². The summed E-state index contributed by atoms with van der Waals surface area (Å²) >= 11 is 0. The van der Waals surface area contributed by atoms with Crippen LogP contribution in [-0.2, 0) is 16.6 Å². The number of hydrogen-bond donors (Lipinski definition) is 2. The molecule has 2 rings (SSSR count). The molecule has 2 aromatic rings. The van der Waals surface area contributed by atoms with E-state index in [0.717, 1.165) is 12.0 Å². The summed E-state index contributed by atoms with van der Waals surface area (Å²) in [5.41, 5.74) is 8.64. The quantitative estimate of drug-likeness (QED) is 0.797. The maximum Gasteiger partial charge on any atom is 0.234 e. The summed E-state index contributed by atoms with van der Waals surface area (Å²) in [6, 6.07) is 13.4. The smallest absolute Gasteiger partial charge is 0.234 e. The van der Waals surface area contributed by atoms with Crippen molar-refractivity contribution >= 4 is 29.7 Å². The zero-order valence-electron chi connectivity index (χ0n) is 14.6. The normalized spacial score (nSPS) is 10.7. The molecule has 2 aromatic carbocycles. The number of anilines is 2. The largest absolute Gasteiger partial charge is 0.495 e. The number of benzene rings is 2. The highest BCUT2D eigenvalue weighted by Crippen LogP contribution is 2.28. The molecule has 0 aliphatic rings. The predicted octanol–water partition coefficient (Wildman–Crippen LogP) is 4.18. The van der Waals surface area contributed by atoms with Gasteiger partial charge in [0.25, 0.3) is 0 Å². The summed E-state index contributed by atoms with van der Waals surface area (Å²) in [4.78, 5) is 12.7. The second-order valence-corrected chi connectivity index (χ2v) is 6.09. The molecule has 3 N–H and O–H groups in total. The number of nitrogens with two attached hydrogens (primary N) is 1. The van der Waals surface area contributed by atoms with Crippen molar-refractivity contribution in [2.45, 2.75) is 32.6 Å². The van der Waals surface area contributed by atoms with Crippen LogP contribution in [0.25, 0.3) is 0 Å². The van der Waals surface area contributed by atoms with Gasteiger partial charge in [-0.3, -0.25) is 4.79 Å². The van der Waals surface area contributed by atoms with Gasteiger partial charge in [0.2, 0.25) is 5.91 Å². The second kappa shape index (κ2) is 8.06. The number of rotatable bonds is 5. The molecule has 4 nitrogen and oxygen atoms in total. The van der Waals surface area contributed by atoms with Crippen LogP contribution >= 0.6 is 12.4 Å². The lowest BCUT2D eigenvalue weighted by atomic mass is 9.83. The average molecular weight is 349 g/mol. The van der Waals surface area contributed by atoms with Gasteiger partial charge in [-0.2, -0.15) is 0 Å². The lowest BCUT2D eigenvalue weighted by molar-refractivity contribution is -0.120. The second-order valence-electron chi connectivity index (χ2n) is 6.09. The van der Waals surface area contributed by atoms with Crippen LogP contribution in [-0.4, -0.2) is 13.0 Å². The molecule has 0 aliphatic carbocycles. The van der Waals surface area contributed by atoms with Crippen molar-refractivity contribution in [1.29, 1.82) is 0 Å². The first-order valence-corrected chi connectivity index (χ1v) is 7.73. The van der Waals surface area contributed by atoms with E-state index < -0.39 is 5.41 Å². The monoisotopic (exact) mass is 348 g/mol. The molecule has 0 aliphatic heterocycles. The van der Waals surface area contributed by atoms with E-state index in [1.807, 2.05) is 26.0 Å². The molecule has 0 saturated carbocycles. The number of carbonyl (C=O) groups excluding carboxylic acids is 1. The first-order chi connectivity index (χ1) is 10.9. The van der Waals surface area contributed by atoms with Crippen LogP contribution in [0.5, 0.6) is 5.75 Å². The molecule has 0 aromatic heterocycles. The predicted molar refractivity (Wildman–Crippen MR) is 102 cm³/mol. The van der Waals surface area contributed by atoms with Crippen molar-refractivity contribution in [3.63, 3.8) is 0 Å². The van der Waals surface area contributed by atoms with Gasteiger partial charge < -0.3 is 15.8 Å². The van der Waals surface area contributed by atoms with Gasteiger partial charge in [-0.15, -0.1) is 12.4 Å². The van der Waals surface area contributed by atoms with E-state index >= 15 is 0 Å². The van der Waals surface area contributed by atoms with E-state index in [4.69, 9.17) is 10.5 Å². The van der Waals surface area contributed by atoms with Crippen LogP contribution in [0, 0.1) is 0 Å². The Hall–Kier alpha value is -2.20. The lowest BCUT2D eigenvalue weighted by Crippen LogP contribution is -2.34. The highest BCUT2D eigenvalue weighted by molar-refractivity contribution is 5.99. The number of ether oxygens (including phenoxy) is 1. The van der Waals surface area contributed by atoms with Crippen LogP contribution in [0.4, 0.5) is 11.4 Å². The zero-order chi connectivity index (χ0) is 17.0. The Balaban J connectivity index is 0.00000288. The average Bonchev–Trinajstić information content (AvgIpc) is 2.55. The van der Waals surface area contributed by atoms with Gasteiger partial charge in [0.1, 0.15) is 5.75 Å². The van der Waals surface area contributed by atoms with Crippen molar-refractivity contribution in [2.75, 3.05) is 18.2 Å². The fourth-order valence-corrected chi connectivity index (χ4v) is 2.39. The Morgan fingerprint density at radius 3 is 2.29 bits per heavy atom. The molecule has 0 bridgehead atoms. The lowest BCUT2D eigenvalue weighted by Gasteiger charge is -2.24. The van der Waals surface area contributed by atoms with E-state index in [0.29, 0.717) is 17.1 Å². The van der Waals surface area contributed by atoms with Crippen LogP contribution in [0.15, 0.2) is 42.5 Å². The van der Waals surface area contributed by atoms with E-state index in [1.54, 1.807) is 25.3 Å². The molecule has 24 heavy (non-hydrogen) atoms. The third kappa shape index (κ3) is 4.20. The van der Waals surface area contributed by atoms with Gasteiger partial charge in [0, 0.05) is 5.69 Å². The summed E-state index contributed by atoms with van der Waals surface area (Å²) in [5.74, 6) is 0.517. The standard InChI is InChI=1S/C19H24N2O2.ClH/c1-5-13-6-8-14(9-7-13)19(2,3)18(22)21-15-10-11-17(23-4)16(20)12-15;/h6-12H,5,20H2,1-4H3,(H,21,22);1H. The fourth-order valence-electron chi connectivity index (χ4n) is 2.39. The summed E-state index contributed by atoms with van der Waals surface area (Å²) in [5, 5.41) is 2.93.